The van der Waals surface area contributed by atoms with Crippen LogP contribution in [0.1, 0.15) is 24.8 Å². The number of nitrogens with zero attached hydrogens (tertiary/aromatic N) is 1. The number of likely N-dealkylation sites (N-methyl/N-ethyl adjacent to an activating group) is 1. The molecule has 1 aromatic carbocycles. The lowest BCUT2D eigenvalue weighted by atomic mass is 9.80. The lowest BCUT2D eigenvalue weighted by Crippen LogP contribution is -2.52. The van der Waals surface area contributed by atoms with Gasteiger partial charge in [0, 0.05) is 12.1 Å². The van der Waals surface area contributed by atoms with Crippen LogP contribution < -0.4 is 10.5 Å². The van der Waals surface area contributed by atoms with Crippen LogP contribution in [0.5, 0.6) is 5.75 Å². The summed E-state index contributed by atoms with van der Waals surface area (Å²) >= 11 is 0. The molecule has 0 saturated carbocycles. The van der Waals surface area contributed by atoms with Crippen LogP contribution in [0.25, 0.3) is 0 Å². The molecule has 1 aromatic rings. The number of likely N-dealkylation sites (tertiary alicyclic amines) is 1. The molecule has 3 heteroatoms. The van der Waals surface area contributed by atoms with E-state index >= 15 is 0 Å². The summed E-state index contributed by atoms with van der Waals surface area (Å²) in [4.78, 5) is 2.38. The van der Waals surface area contributed by atoms with E-state index in [0.29, 0.717) is 6.54 Å². The van der Waals surface area contributed by atoms with Gasteiger partial charge >= 0.3 is 0 Å². The van der Waals surface area contributed by atoms with Crippen LogP contribution in [0.3, 0.4) is 0 Å². The Bertz CT molecular complexity index is 380. The number of hydrogen-bond acceptors (Lipinski definition) is 3. The molecule has 1 aliphatic heterocycles. The second-order valence-electron chi connectivity index (χ2n) is 4.81. The smallest absolute Gasteiger partial charge is 0.123 e. The van der Waals surface area contributed by atoms with Gasteiger partial charge in [0.05, 0.1) is 12.6 Å². The van der Waals surface area contributed by atoms with Crippen LogP contribution in [0.2, 0.25) is 0 Å². The molecule has 2 rings (SSSR count). The molecule has 1 unspecified atom stereocenters. The predicted molar refractivity (Wildman–Crippen MR) is 70.2 cm³/mol. The van der Waals surface area contributed by atoms with Crippen molar-refractivity contribution in [1.29, 1.82) is 0 Å². The Balaban J connectivity index is 2.46. The summed E-state index contributed by atoms with van der Waals surface area (Å²) in [6.45, 7) is 1.75. The number of piperidine rings is 1. The molecule has 1 heterocycles. The molecule has 0 spiro atoms. The second kappa shape index (κ2) is 5.07. The molecule has 1 aliphatic rings. The highest BCUT2D eigenvalue weighted by atomic mass is 16.5. The Morgan fingerprint density at radius 3 is 2.76 bits per heavy atom. The molecule has 3 nitrogen and oxygen atoms in total. The molecule has 0 bridgehead atoms. The van der Waals surface area contributed by atoms with E-state index < -0.39 is 0 Å². The van der Waals surface area contributed by atoms with Gasteiger partial charge in [0.15, 0.2) is 0 Å². The average Bonchev–Trinajstić information content (AvgIpc) is 2.40. The number of ether oxygens (including phenoxy) is 1. The predicted octanol–water partition coefficient (Wildman–Crippen LogP) is 1.96. The lowest BCUT2D eigenvalue weighted by Gasteiger charge is -2.45. The maximum absolute atomic E-state index is 6.09. The van der Waals surface area contributed by atoms with Gasteiger partial charge < -0.3 is 10.5 Å². The van der Waals surface area contributed by atoms with Gasteiger partial charge in [0.25, 0.3) is 0 Å². The van der Waals surface area contributed by atoms with Crippen molar-refractivity contribution in [1.82, 2.24) is 4.90 Å². The largest absolute Gasteiger partial charge is 0.496 e. The summed E-state index contributed by atoms with van der Waals surface area (Å²) < 4.78 is 5.49. The average molecular weight is 234 g/mol. The van der Waals surface area contributed by atoms with E-state index in [0.717, 1.165) is 18.7 Å². The van der Waals surface area contributed by atoms with Crippen LogP contribution in [0.4, 0.5) is 0 Å². The summed E-state index contributed by atoms with van der Waals surface area (Å²) in [6, 6.07) is 8.25. The molecule has 1 fully saturated rings. The number of methoxy groups -OCH3 is 1. The zero-order valence-corrected chi connectivity index (χ0v) is 10.8. The van der Waals surface area contributed by atoms with Gasteiger partial charge in [0.2, 0.25) is 0 Å². The molecule has 0 amide bonds. The Morgan fingerprint density at radius 1 is 1.35 bits per heavy atom. The molecule has 0 radical (unpaired) electrons. The van der Waals surface area contributed by atoms with Gasteiger partial charge in [-0.25, -0.2) is 0 Å². The molecular weight excluding hydrogens is 212 g/mol. The van der Waals surface area contributed by atoms with Gasteiger partial charge in [-0.05, 0) is 38.9 Å². The van der Waals surface area contributed by atoms with Crippen LogP contribution in [0, 0.1) is 0 Å². The van der Waals surface area contributed by atoms with Gasteiger partial charge in [-0.15, -0.1) is 0 Å². The monoisotopic (exact) mass is 234 g/mol. The van der Waals surface area contributed by atoms with Crippen molar-refractivity contribution < 1.29 is 4.74 Å². The van der Waals surface area contributed by atoms with Crippen molar-refractivity contribution in [2.45, 2.75) is 24.8 Å². The number of hydrogen-bond donors (Lipinski definition) is 1. The van der Waals surface area contributed by atoms with Crippen molar-refractivity contribution in [3.05, 3.63) is 29.8 Å². The Morgan fingerprint density at radius 2 is 2.12 bits per heavy atom. The fraction of sp³-hybridized carbons (Fsp3) is 0.571. The summed E-state index contributed by atoms with van der Waals surface area (Å²) in [5, 5.41) is 0. The van der Waals surface area contributed by atoms with Crippen molar-refractivity contribution in [2.24, 2.45) is 5.73 Å². The van der Waals surface area contributed by atoms with Crippen molar-refractivity contribution in [3.63, 3.8) is 0 Å². The zero-order chi connectivity index (χ0) is 12.3. The molecule has 0 aliphatic carbocycles. The molecule has 0 aromatic heterocycles. The maximum Gasteiger partial charge on any atom is 0.123 e. The molecule has 94 valence electrons. The fourth-order valence-electron chi connectivity index (χ4n) is 2.91. The van der Waals surface area contributed by atoms with E-state index in [1.165, 1.54) is 18.4 Å². The molecule has 1 atom stereocenters. The highest BCUT2D eigenvalue weighted by Gasteiger charge is 2.38. The van der Waals surface area contributed by atoms with Crippen molar-refractivity contribution >= 4 is 0 Å². The van der Waals surface area contributed by atoms with Gasteiger partial charge in [-0.1, -0.05) is 18.2 Å². The van der Waals surface area contributed by atoms with E-state index in [9.17, 15) is 0 Å². The molecule has 17 heavy (non-hydrogen) atoms. The zero-order valence-electron chi connectivity index (χ0n) is 10.8. The first-order valence-electron chi connectivity index (χ1n) is 6.29. The van der Waals surface area contributed by atoms with Crippen LogP contribution in [-0.4, -0.2) is 32.1 Å². The lowest BCUT2D eigenvalue weighted by molar-refractivity contribution is 0.0759. The summed E-state index contributed by atoms with van der Waals surface area (Å²) in [6.07, 6.45) is 3.60. The van der Waals surface area contributed by atoms with Crippen LogP contribution >= 0.6 is 0 Å². The van der Waals surface area contributed by atoms with Crippen LogP contribution in [-0.2, 0) is 5.54 Å². The minimum absolute atomic E-state index is 0.0507. The fourth-order valence-corrected chi connectivity index (χ4v) is 2.91. The first-order chi connectivity index (χ1) is 8.24. The van der Waals surface area contributed by atoms with E-state index in [2.05, 4.69) is 24.1 Å². The molecule has 1 saturated heterocycles. The Labute approximate surface area is 104 Å². The topological polar surface area (TPSA) is 38.5 Å². The van der Waals surface area contributed by atoms with E-state index in [1.54, 1.807) is 7.11 Å². The third kappa shape index (κ3) is 2.05. The van der Waals surface area contributed by atoms with E-state index in [4.69, 9.17) is 10.5 Å². The van der Waals surface area contributed by atoms with E-state index in [1.807, 2.05) is 12.1 Å². The van der Waals surface area contributed by atoms with E-state index in [-0.39, 0.29) is 5.54 Å². The SMILES string of the molecule is COc1ccccc1C1(CN)CCCCN1C. The first kappa shape index (κ1) is 12.4. The molecular formula is C14H22N2O. The van der Waals surface area contributed by atoms with Gasteiger partial charge in [0.1, 0.15) is 5.75 Å². The summed E-state index contributed by atoms with van der Waals surface area (Å²) in [7, 11) is 3.89. The number of nitrogens with two attached hydrogens (primary N) is 1. The van der Waals surface area contributed by atoms with Gasteiger partial charge in [-0.2, -0.15) is 0 Å². The maximum atomic E-state index is 6.09. The second-order valence-corrected chi connectivity index (χ2v) is 4.81. The van der Waals surface area contributed by atoms with Crippen molar-refractivity contribution in [3.8, 4) is 5.75 Å². The Kier molecular flexibility index (Phi) is 3.69. The number of rotatable bonds is 3. The number of benzene rings is 1. The normalized spacial score (nSPS) is 25.8. The Hall–Kier alpha value is -1.06. The number of para-hydroxylation sites is 1. The minimum atomic E-state index is -0.0507. The summed E-state index contributed by atoms with van der Waals surface area (Å²) in [5.74, 6) is 0.951. The van der Waals surface area contributed by atoms with Gasteiger partial charge in [-0.3, -0.25) is 4.90 Å². The molecule has 2 N–H and O–H groups in total. The minimum Gasteiger partial charge on any atom is -0.496 e. The first-order valence-corrected chi connectivity index (χ1v) is 6.29. The summed E-state index contributed by atoms with van der Waals surface area (Å²) in [5.41, 5.74) is 7.27. The van der Waals surface area contributed by atoms with Crippen LogP contribution in [0.15, 0.2) is 24.3 Å². The van der Waals surface area contributed by atoms with Crippen molar-refractivity contribution in [2.75, 3.05) is 27.2 Å². The highest BCUT2D eigenvalue weighted by molar-refractivity contribution is 5.40. The third-order valence-corrected chi connectivity index (χ3v) is 4.01. The quantitative estimate of drug-likeness (QED) is 0.869. The third-order valence-electron chi connectivity index (χ3n) is 4.01. The standard InChI is InChI=1S/C14H22N2O/c1-16-10-6-5-9-14(16,11-15)12-7-3-4-8-13(12)17-2/h3-4,7-8H,5-6,9-11,15H2,1-2H3. The highest BCUT2D eigenvalue weighted by Crippen LogP contribution is 2.40.